The number of carboxylic acid groups (broad SMARTS) is 1. The predicted octanol–water partition coefficient (Wildman–Crippen LogP) is 1.89. The third kappa shape index (κ3) is 5.10. The van der Waals surface area contributed by atoms with Crippen LogP contribution in [-0.4, -0.2) is 57.8 Å². The van der Waals surface area contributed by atoms with Crippen molar-refractivity contribution in [3.05, 3.63) is 51.7 Å². The topological polar surface area (TPSA) is 139 Å². The molecule has 0 unspecified atom stereocenters. The van der Waals surface area contributed by atoms with Gasteiger partial charge in [0, 0.05) is 32.9 Å². The SMILES string of the molecule is Cn1cc(C(=O)O)c(=O)c2cc(F)c(N3CCC(CCNCc4ccc5c(n4)NC(=O)CO5)CC3)nc21. The second-order valence-corrected chi connectivity index (χ2v) is 9.33. The highest BCUT2D eigenvalue weighted by Crippen LogP contribution is 2.28. The molecule has 1 saturated heterocycles. The highest BCUT2D eigenvalue weighted by atomic mass is 19.1. The number of nitrogens with one attached hydrogen (secondary N) is 2. The van der Waals surface area contributed by atoms with Gasteiger partial charge in [0.2, 0.25) is 5.43 Å². The number of carboxylic acids is 1. The zero-order chi connectivity index (χ0) is 26.1. The van der Waals surface area contributed by atoms with Gasteiger partial charge in [-0.25, -0.2) is 19.2 Å². The fourth-order valence-corrected chi connectivity index (χ4v) is 4.80. The minimum Gasteiger partial charge on any atom is -0.480 e. The van der Waals surface area contributed by atoms with E-state index in [0.717, 1.165) is 37.6 Å². The molecule has 0 saturated carbocycles. The number of amides is 1. The predicted molar refractivity (Wildman–Crippen MR) is 134 cm³/mol. The van der Waals surface area contributed by atoms with Crippen LogP contribution < -0.4 is 25.7 Å². The molecule has 0 radical (unpaired) electrons. The summed E-state index contributed by atoms with van der Waals surface area (Å²) >= 11 is 0. The van der Waals surface area contributed by atoms with Gasteiger partial charge >= 0.3 is 5.97 Å². The Morgan fingerprint density at radius 1 is 1.27 bits per heavy atom. The molecule has 3 aromatic rings. The molecular weight excluding hydrogens is 483 g/mol. The van der Waals surface area contributed by atoms with E-state index in [4.69, 9.17) is 4.74 Å². The molecule has 3 aromatic heterocycles. The molecule has 37 heavy (non-hydrogen) atoms. The smallest absolute Gasteiger partial charge is 0.341 e. The average Bonchev–Trinajstić information content (AvgIpc) is 2.88. The number of aromatic carboxylic acids is 1. The number of pyridine rings is 3. The van der Waals surface area contributed by atoms with E-state index in [1.165, 1.54) is 10.8 Å². The quantitative estimate of drug-likeness (QED) is 0.407. The third-order valence-electron chi connectivity index (χ3n) is 6.80. The van der Waals surface area contributed by atoms with Crippen molar-refractivity contribution in [3.63, 3.8) is 0 Å². The zero-order valence-corrected chi connectivity index (χ0v) is 20.3. The Bertz CT molecular complexity index is 1430. The zero-order valence-electron chi connectivity index (χ0n) is 20.3. The first-order valence-electron chi connectivity index (χ1n) is 12.1. The van der Waals surface area contributed by atoms with Crippen molar-refractivity contribution in [2.45, 2.75) is 25.8 Å². The Hall–Kier alpha value is -4.06. The van der Waals surface area contributed by atoms with Gasteiger partial charge in [0.1, 0.15) is 11.2 Å². The Kier molecular flexibility index (Phi) is 6.74. The lowest BCUT2D eigenvalue weighted by Gasteiger charge is -2.33. The number of aromatic nitrogens is 3. The van der Waals surface area contributed by atoms with E-state index in [-0.39, 0.29) is 29.4 Å². The molecule has 194 valence electrons. The van der Waals surface area contributed by atoms with Crippen molar-refractivity contribution < 1.29 is 23.8 Å². The molecular formula is C25H27FN6O5. The lowest BCUT2D eigenvalue weighted by Crippen LogP contribution is -2.36. The number of anilines is 2. The summed E-state index contributed by atoms with van der Waals surface area (Å²) in [6.07, 6.45) is 3.92. The molecule has 2 aliphatic rings. The molecule has 0 aliphatic carbocycles. The van der Waals surface area contributed by atoms with Crippen LogP contribution in [0, 0.1) is 11.7 Å². The fourth-order valence-electron chi connectivity index (χ4n) is 4.80. The van der Waals surface area contributed by atoms with Crippen molar-refractivity contribution in [2.75, 3.05) is 36.5 Å². The van der Waals surface area contributed by atoms with Crippen LogP contribution in [0.15, 0.2) is 29.2 Å². The van der Waals surface area contributed by atoms with Crippen molar-refractivity contribution in [1.29, 1.82) is 0 Å². The Labute approximate surface area is 211 Å². The number of hydrogen-bond donors (Lipinski definition) is 3. The van der Waals surface area contributed by atoms with E-state index in [1.807, 2.05) is 11.0 Å². The van der Waals surface area contributed by atoms with Crippen LogP contribution in [-0.2, 0) is 18.4 Å². The number of ether oxygens (including phenoxy) is 1. The molecule has 5 heterocycles. The van der Waals surface area contributed by atoms with Crippen molar-refractivity contribution in [2.24, 2.45) is 13.0 Å². The largest absolute Gasteiger partial charge is 0.480 e. The normalized spacial score (nSPS) is 15.8. The minimum absolute atomic E-state index is 0.00195. The molecule has 1 fully saturated rings. The summed E-state index contributed by atoms with van der Waals surface area (Å²) in [6, 6.07) is 4.76. The summed E-state index contributed by atoms with van der Waals surface area (Å²) in [6.45, 7) is 2.63. The van der Waals surface area contributed by atoms with Crippen LogP contribution in [0.1, 0.15) is 35.3 Å². The number of nitrogens with zero attached hydrogens (tertiary/aromatic N) is 4. The second kappa shape index (κ2) is 10.1. The number of halogens is 1. The van der Waals surface area contributed by atoms with E-state index in [1.54, 1.807) is 13.1 Å². The molecule has 2 aliphatic heterocycles. The molecule has 3 N–H and O–H groups in total. The summed E-state index contributed by atoms with van der Waals surface area (Å²) in [4.78, 5) is 45.9. The Morgan fingerprint density at radius 2 is 2.05 bits per heavy atom. The monoisotopic (exact) mass is 510 g/mol. The van der Waals surface area contributed by atoms with Crippen LogP contribution in [0.3, 0.4) is 0 Å². The maximum absolute atomic E-state index is 14.9. The van der Waals surface area contributed by atoms with E-state index >= 15 is 0 Å². The van der Waals surface area contributed by atoms with Gasteiger partial charge in [0.25, 0.3) is 5.91 Å². The molecule has 1 amide bonds. The lowest BCUT2D eigenvalue weighted by atomic mass is 9.93. The summed E-state index contributed by atoms with van der Waals surface area (Å²) < 4.78 is 21.7. The summed E-state index contributed by atoms with van der Waals surface area (Å²) in [5, 5.41) is 15.3. The number of fused-ring (bicyclic) bond motifs is 2. The van der Waals surface area contributed by atoms with Gasteiger partial charge in [-0.1, -0.05) is 0 Å². The molecule has 11 nitrogen and oxygen atoms in total. The van der Waals surface area contributed by atoms with Gasteiger partial charge in [0.15, 0.2) is 29.8 Å². The van der Waals surface area contributed by atoms with E-state index in [2.05, 4.69) is 20.6 Å². The Balaban J connectivity index is 1.15. The van der Waals surface area contributed by atoms with Crippen LogP contribution >= 0.6 is 0 Å². The van der Waals surface area contributed by atoms with Crippen LogP contribution in [0.5, 0.6) is 5.75 Å². The first-order chi connectivity index (χ1) is 17.8. The maximum atomic E-state index is 14.9. The minimum atomic E-state index is -1.36. The first kappa shape index (κ1) is 24.6. The number of carbonyl (C=O) groups excluding carboxylic acids is 1. The fraction of sp³-hybridized carbons (Fsp3) is 0.400. The van der Waals surface area contributed by atoms with E-state index < -0.39 is 22.8 Å². The lowest BCUT2D eigenvalue weighted by molar-refractivity contribution is -0.118. The highest BCUT2D eigenvalue weighted by Gasteiger charge is 2.24. The standard InChI is InChI=1S/C25H27FN6O5/c1-31-12-17(25(35)36)21(34)16-10-18(26)24(30-23(16)31)32-8-5-14(6-9-32)4-7-27-11-15-2-3-19-22(28-15)29-20(33)13-37-19/h2-3,10,12,14,27H,4-9,11,13H2,1H3,(H,35,36)(H,28,29,33). The van der Waals surface area contributed by atoms with Crippen LogP contribution in [0.2, 0.25) is 0 Å². The van der Waals surface area contributed by atoms with Gasteiger partial charge in [-0.15, -0.1) is 0 Å². The van der Waals surface area contributed by atoms with E-state index in [9.17, 15) is 23.9 Å². The second-order valence-electron chi connectivity index (χ2n) is 9.33. The highest BCUT2D eigenvalue weighted by molar-refractivity contribution is 5.94. The van der Waals surface area contributed by atoms with Gasteiger partial charge in [-0.3, -0.25) is 9.59 Å². The average molecular weight is 511 g/mol. The molecule has 12 heteroatoms. The molecule has 0 spiro atoms. The summed E-state index contributed by atoms with van der Waals surface area (Å²) in [7, 11) is 1.59. The molecule has 0 atom stereocenters. The van der Waals surface area contributed by atoms with Crippen LogP contribution in [0.25, 0.3) is 11.0 Å². The Morgan fingerprint density at radius 3 is 2.81 bits per heavy atom. The van der Waals surface area contributed by atoms with E-state index in [0.29, 0.717) is 37.1 Å². The first-order valence-corrected chi connectivity index (χ1v) is 12.1. The maximum Gasteiger partial charge on any atom is 0.341 e. The van der Waals surface area contributed by atoms with Crippen molar-refractivity contribution in [1.82, 2.24) is 19.9 Å². The molecule has 0 bridgehead atoms. The van der Waals surface area contributed by atoms with Gasteiger partial charge in [-0.2, -0.15) is 0 Å². The molecule has 5 rings (SSSR count). The third-order valence-corrected chi connectivity index (χ3v) is 6.80. The summed E-state index contributed by atoms with van der Waals surface area (Å²) in [5.41, 5.74) is -0.100. The van der Waals surface area contributed by atoms with Gasteiger partial charge < -0.3 is 29.9 Å². The van der Waals surface area contributed by atoms with Gasteiger partial charge in [-0.05, 0) is 49.9 Å². The number of rotatable bonds is 7. The number of aryl methyl sites for hydroxylation is 1. The van der Waals surface area contributed by atoms with Crippen molar-refractivity contribution in [3.8, 4) is 5.75 Å². The number of carbonyl (C=O) groups is 2. The van der Waals surface area contributed by atoms with Crippen molar-refractivity contribution >= 4 is 34.5 Å². The number of piperidine rings is 1. The summed E-state index contributed by atoms with van der Waals surface area (Å²) in [5.74, 6) is -0.543. The van der Waals surface area contributed by atoms with Crippen LogP contribution in [0.4, 0.5) is 16.0 Å². The number of hydrogen-bond acceptors (Lipinski definition) is 8. The molecule has 0 aromatic carbocycles. The van der Waals surface area contributed by atoms with Gasteiger partial charge in [0.05, 0.1) is 11.1 Å².